The van der Waals surface area contributed by atoms with Crippen molar-refractivity contribution in [2.75, 3.05) is 0 Å². The van der Waals surface area contributed by atoms with E-state index in [-0.39, 0.29) is 0 Å². The minimum Gasteiger partial charge on any atom is -0.457 e. The van der Waals surface area contributed by atoms with Crippen molar-refractivity contribution < 1.29 is 8.83 Å². The Balaban J connectivity index is 2.16. The molecule has 3 nitrogen and oxygen atoms in total. The van der Waals surface area contributed by atoms with E-state index in [1.807, 2.05) is 72.8 Å². The highest BCUT2D eigenvalue weighted by Crippen LogP contribution is 2.13. The minimum absolute atomic E-state index is 0.785. The number of rotatable bonds is 0. The van der Waals surface area contributed by atoms with E-state index < -0.39 is 0 Å². The molecule has 21 heavy (non-hydrogen) atoms. The zero-order chi connectivity index (χ0) is 14.1. The van der Waals surface area contributed by atoms with Crippen LogP contribution in [0.4, 0.5) is 0 Å². The number of benzene rings is 3. The van der Waals surface area contributed by atoms with Gasteiger partial charge in [-0.15, -0.1) is 0 Å². The summed E-state index contributed by atoms with van der Waals surface area (Å²) in [5, 5.41) is 0. The lowest BCUT2D eigenvalue weighted by atomic mass is 10.3. The van der Waals surface area contributed by atoms with E-state index in [4.69, 9.17) is 8.83 Å². The van der Waals surface area contributed by atoms with Crippen LogP contribution in [-0.4, -0.2) is 4.98 Å². The van der Waals surface area contributed by atoms with Gasteiger partial charge < -0.3 is 13.8 Å². The van der Waals surface area contributed by atoms with Crippen molar-refractivity contribution in [3.05, 3.63) is 72.8 Å². The predicted octanol–water partition coefficient (Wildman–Crippen LogP) is 5.35. The fraction of sp³-hybridized carbons (Fsp3) is 0. The summed E-state index contributed by atoms with van der Waals surface area (Å²) in [6.45, 7) is 0. The highest BCUT2D eigenvalue weighted by Gasteiger charge is 1.91. The maximum atomic E-state index is 5.80. The molecule has 9 aromatic rings. The van der Waals surface area contributed by atoms with E-state index in [1.165, 1.54) is 0 Å². The van der Waals surface area contributed by atoms with Crippen LogP contribution in [0.1, 0.15) is 0 Å². The number of aromatic nitrogens is 1. The quantitative estimate of drug-likeness (QED) is 0.470. The number of hydrogen-bond acceptors (Lipinski definition) is 2. The Morgan fingerprint density at radius 2 is 0.714 bits per heavy atom. The van der Waals surface area contributed by atoms with Gasteiger partial charge in [0.05, 0.1) is 0 Å². The smallest absolute Gasteiger partial charge is 0.127 e. The Morgan fingerprint density at radius 1 is 0.429 bits per heavy atom. The van der Waals surface area contributed by atoms with Gasteiger partial charge in [0.15, 0.2) is 0 Å². The van der Waals surface area contributed by atoms with Crippen molar-refractivity contribution in [3.63, 3.8) is 0 Å². The van der Waals surface area contributed by atoms with E-state index in [0.717, 1.165) is 33.4 Å². The average molecular weight is 275 g/mol. The summed E-state index contributed by atoms with van der Waals surface area (Å²) in [4.78, 5) is 3.34. The SMILES string of the molecule is c1cc2ccc1[nH]c1ccc(cc1)oc1ccc(cc1)o2. The van der Waals surface area contributed by atoms with E-state index >= 15 is 0 Å². The first kappa shape index (κ1) is 11.9. The Hall–Kier alpha value is -2.94. The predicted molar refractivity (Wildman–Crippen MR) is 84.3 cm³/mol. The van der Waals surface area contributed by atoms with Crippen molar-refractivity contribution in [2.45, 2.75) is 0 Å². The largest absolute Gasteiger partial charge is 0.457 e. The number of nitrogens with one attached hydrogen (secondary N) is 1. The van der Waals surface area contributed by atoms with E-state index in [2.05, 4.69) is 4.98 Å². The topological polar surface area (TPSA) is 42.1 Å². The summed E-state index contributed by atoms with van der Waals surface area (Å²) in [5.41, 5.74) is 5.21. The van der Waals surface area contributed by atoms with Crippen LogP contribution in [0.5, 0.6) is 0 Å². The van der Waals surface area contributed by atoms with Crippen LogP contribution in [0.2, 0.25) is 0 Å². The van der Waals surface area contributed by atoms with Crippen molar-refractivity contribution in [1.29, 1.82) is 0 Å². The Morgan fingerprint density at radius 3 is 1.05 bits per heavy atom. The van der Waals surface area contributed by atoms with Gasteiger partial charge in [-0.25, -0.2) is 0 Å². The Kier molecular flexibility index (Phi) is 2.75. The van der Waals surface area contributed by atoms with Crippen LogP contribution in [0.15, 0.2) is 81.6 Å². The highest BCUT2D eigenvalue weighted by molar-refractivity contribution is 5.62. The van der Waals surface area contributed by atoms with Crippen LogP contribution in [0, 0.1) is 0 Å². The fourth-order valence-corrected chi connectivity index (χ4v) is 2.23. The lowest BCUT2D eigenvalue weighted by molar-refractivity contribution is 0.646. The Labute approximate surface area is 120 Å². The molecule has 102 valence electrons. The molecule has 0 saturated carbocycles. The van der Waals surface area contributed by atoms with Gasteiger partial charge in [-0.1, -0.05) is 0 Å². The lowest BCUT2D eigenvalue weighted by Gasteiger charge is -1.92. The van der Waals surface area contributed by atoms with Gasteiger partial charge >= 0.3 is 0 Å². The Bertz CT molecular complexity index is 736. The summed E-state index contributed by atoms with van der Waals surface area (Å²) < 4.78 is 11.6. The van der Waals surface area contributed by atoms with Crippen molar-refractivity contribution in [2.24, 2.45) is 0 Å². The summed E-state index contributed by atoms with van der Waals surface area (Å²) in [5.74, 6) is 0. The normalized spacial score (nSPS) is 10.9. The molecule has 0 fully saturated rings. The van der Waals surface area contributed by atoms with Crippen molar-refractivity contribution >= 4 is 33.4 Å². The molecule has 6 heterocycles. The van der Waals surface area contributed by atoms with Crippen molar-refractivity contribution in [3.8, 4) is 0 Å². The van der Waals surface area contributed by atoms with E-state index in [9.17, 15) is 0 Å². The van der Waals surface area contributed by atoms with E-state index in [1.54, 1.807) is 0 Å². The molecule has 0 atom stereocenters. The minimum atomic E-state index is 0.785. The number of hydrogen-bond donors (Lipinski definition) is 1. The molecule has 0 saturated heterocycles. The molecule has 0 spiro atoms. The maximum Gasteiger partial charge on any atom is 0.127 e. The molecule has 3 aromatic carbocycles. The second kappa shape index (κ2) is 4.87. The molecule has 1 N–H and O–H groups in total. The monoisotopic (exact) mass is 275 g/mol. The summed E-state index contributed by atoms with van der Waals surface area (Å²) >= 11 is 0. The van der Waals surface area contributed by atoms with Gasteiger partial charge in [-0.05, 0) is 72.8 Å². The average Bonchev–Trinajstić information content (AvgIpc) is 2.55. The first-order valence-corrected chi connectivity index (χ1v) is 6.78. The third-order valence-corrected chi connectivity index (χ3v) is 3.29. The van der Waals surface area contributed by atoms with Gasteiger partial charge in [0.1, 0.15) is 22.3 Å². The second-order valence-corrected chi connectivity index (χ2v) is 4.85. The zero-order valence-electron chi connectivity index (χ0n) is 11.2. The van der Waals surface area contributed by atoms with Crippen LogP contribution < -0.4 is 0 Å². The fourth-order valence-electron chi connectivity index (χ4n) is 2.23. The van der Waals surface area contributed by atoms with Crippen LogP contribution in [0.25, 0.3) is 33.4 Å². The highest BCUT2D eigenvalue weighted by atomic mass is 16.3. The third-order valence-electron chi connectivity index (χ3n) is 3.29. The summed E-state index contributed by atoms with van der Waals surface area (Å²) in [6.07, 6.45) is 0. The molecule has 0 amide bonds. The number of H-pyrrole nitrogens is 1. The van der Waals surface area contributed by atoms with Crippen LogP contribution >= 0.6 is 0 Å². The zero-order valence-corrected chi connectivity index (χ0v) is 11.2. The standard InChI is InChI=1S/C18H13NO2/c1-5-15-6-2-13(1)19-14-3-7-16(8-4-14)21-18-11-9-17(20-15)10-12-18/h1-12,19H. The number of aromatic amines is 1. The van der Waals surface area contributed by atoms with Gasteiger partial charge in [0.25, 0.3) is 0 Å². The van der Waals surface area contributed by atoms with Crippen LogP contribution in [-0.2, 0) is 0 Å². The summed E-state index contributed by atoms with van der Waals surface area (Å²) in [6, 6.07) is 23.3. The van der Waals surface area contributed by atoms with Crippen molar-refractivity contribution in [1.82, 2.24) is 4.98 Å². The first-order valence-electron chi connectivity index (χ1n) is 6.78. The maximum absolute atomic E-state index is 5.80. The molecule has 6 aromatic heterocycles. The molecule has 3 heteroatoms. The van der Waals surface area contributed by atoms with Gasteiger partial charge in [0, 0.05) is 11.0 Å². The molecule has 6 bridgehead atoms. The summed E-state index contributed by atoms with van der Waals surface area (Å²) in [7, 11) is 0. The first-order chi connectivity index (χ1) is 10.3. The molecular formula is C18H13NO2. The molecule has 0 aliphatic rings. The third kappa shape index (κ3) is 2.54. The molecule has 0 unspecified atom stereocenters. The molecule has 0 radical (unpaired) electrons. The molecular weight excluding hydrogens is 262 g/mol. The van der Waals surface area contributed by atoms with Gasteiger partial charge in [-0.3, -0.25) is 0 Å². The van der Waals surface area contributed by atoms with E-state index in [0.29, 0.717) is 0 Å². The molecule has 0 aliphatic carbocycles. The molecule has 9 rings (SSSR count). The van der Waals surface area contributed by atoms with Gasteiger partial charge in [-0.2, -0.15) is 0 Å². The molecule has 0 aliphatic heterocycles. The van der Waals surface area contributed by atoms with Gasteiger partial charge in [0.2, 0.25) is 0 Å². The van der Waals surface area contributed by atoms with Crippen LogP contribution in [0.3, 0.4) is 0 Å². The second-order valence-electron chi connectivity index (χ2n) is 4.85. The lowest BCUT2D eigenvalue weighted by Crippen LogP contribution is -1.73.